The molecule has 0 heterocycles. The van der Waals surface area contributed by atoms with E-state index in [0.717, 1.165) is 25.0 Å². The molecule has 1 rings (SSSR count). The predicted molar refractivity (Wildman–Crippen MR) is 123 cm³/mol. The highest BCUT2D eigenvalue weighted by Gasteiger charge is 2.22. The van der Waals surface area contributed by atoms with Gasteiger partial charge in [-0.2, -0.15) is 0 Å². The first-order valence-corrected chi connectivity index (χ1v) is 11.8. The summed E-state index contributed by atoms with van der Waals surface area (Å²) >= 11 is 0. The van der Waals surface area contributed by atoms with E-state index in [4.69, 9.17) is 9.47 Å². The van der Waals surface area contributed by atoms with Crippen molar-refractivity contribution in [3.8, 4) is 5.75 Å². The van der Waals surface area contributed by atoms with Gasteiger partial charge in [-0.25, -0.2) is 4.79 Å². The molecule has 166 valence electrons. The van der Waals surface area contributed by atoms with Crippen LogP contribution in [-0.4, -0.2) is 18.7 Å². The maximum Gasteiger partial charge on any atom is 0.347 e. The zero-order valence-electron chi connectivity index (χ0n) is 19.6. The Morgan fingerprint density at radius 2 is 1.34 bits per heavy atom. The van der Waals surface area contributed by atoms with Crippen molar-refractivity contribution >= 4 is 5.97 Å². The van der Waals surface area contributed by atoms with Crippen molar-refractivity contribution in [3.05, 3.63) is 29.8 Å². The van der Waals surface area contributed by atoms with Gasteiger partial charge in [0.25, 0.3) is 0 Å². The molecule has 0 fully saturated rings. The Hall–Kier alpha value is -1.51. The van der Waals surface area contributed by atoms with Gasteiger partial charge in [0.2, 0.25) is 0 Å². The molecule has 0 aliphatic rings. The second-order valence-corrected chi connectivity index (χ2v) is 9.10. The third-order valence-electron chi connectivity index (χ3n) is 5.37. The van der Waals surface area contributed by atoms with Crippen LogP contribution in [0.25, 0.3) is 0 Å². The Balaban J connectivity index is 2.38. The number of unbranched alkanes of at least 4 members (excludes halogenated alkanes) is 9. The SMILES string of the molecule is CCCCCCCCCCCCC(Oc1ccc(C(C)(C)C)cc1)C(=O)OCC. The highest BCUT2D eigenvalue weighted by atomic mass is 16.6. The van der Waals surface area contributed by atoms with Crippen molar-refractivity contribution in [2.45, 2.75) is 117 Å². The van der Waals surface area contributed by atoms with E-state index in [1.165, 1.54) is 56.9 Å². The summed E-state index contributed by atoms with van der Waals surface area (Å²) in [6.45, 7) is 11.1. The number of carbonyl (C=O) groups is 1. The molecule has 0 aliphatic carbocycles. The van der Waals surface area contributed by atoms with Crippen LogP contribution in [0, 0.1) is 0 Å². The summed E-state index contributed by atoms with van der Waals surface area (Å²) < 4.78 is 11.2. The number of esters is 1. The van der Waals surface area contributed by atoms with E-state index in [1.54, 1.807) is 0 Å². The van der Waals surface area contributed by atoms with Crippen LogP contribution >= 0.6 is 0 Å². The number of hydrogen-bond acceptors (Lipinski definition) is 3. The molecule has 3 nitrogen and oxygen atoms in total. The van der Waals surface area contributed by atoms with Crippen LogP contribution in [-0.2, 0) is 14.9 Å². The molecule has 0 aliphatic heterocycles. The molecule has 1 unspecified atom stereocenters. The molecule has 0 saturated carbocycles. The number of rotatable bonds is 15. The van der Waals surface area contributed by atoms with Gasteiger partial charge >= 0.3 is 5.97 Å². The minimum atomic E-state index is -0.510. The molecule has 1 atom stereocenters. The Morgan fingerprint density at radius 1 is 0.828 bits per heavy atom. The first-order valence-electron chi connectivity index (χ1n) is 11.8. The van der Waals surface area contributed by atoms with Crippen LogP contribution in [0.4, 0.5) is 0 Å². The monoisotopic (exact) mass is 404 g/mol. The van der Waals surface area contributed by atoms with Crippen LogP contribution in [0.5, 0.6) is 5.75 Å². The quantitative estimate of drug-likeness (QED) is 0.223. The van der Waals surface area contributed by atoms with Crippen molar-refractivity contribution < 1.29 is 14.3 Å². The first kappa shape index (κ1) is 25.5. The number of benzene rings is 1. The van der Waals surface area contributed by atoms with Gasteiger partial charge < -0.3 is 9.47 Å². The van der Waals surface area contributed by atoms with E-state index in [0.29, 0.717) is 6.61 Å². The molecule has 0 saturated heterocycles. The number of carbonyl (C=O) groups excluding carboxylic acids is 1. The number of ether oxygens (including phenoxy) is 2. The Bertz CT molecular complexity index is 542. The fourth-order valence-corrected chi connectivity index (χ4v) is 3.48. The summed E-state index contributed by atoms with van der Waals surface area (Å²) in [5.41, 5.74) is 1.36. The third kappa shape index (κ3) is 11.3. The third-order valence-corrected chi connectivity index (χ3v) is 5.37. The molecular formula is C26H44O3. The van der Waals surface area contributed by atoms with Gasteiger partial charge in [-0.05, 0) is 42.9 Å². The highest BCUT2D eigenvalue weighted by Crippen LogP contribution is 2.25. The molecule has 0 N–H and O–H groups in total. The normalized spacial score (nSPS) is 12.6. The first-order chi connectivity index (χ1) is 13.9. The van der Waals surface area contributed by atoms with Crippen molar-refractivity contribution in [2.24, 2.45) is 0 Å². The maximum absolute atomic E-state index is 12.3. The predicted octanol–water partition coefficient (Wildman–Crippen LogP) is 7.61. The highest BCUT2D eigenvalue weighted by molar-refractivity contribution is 5.75. The van der Waals surface area contributed by atoms with E-state index >= 15 is 0 Å². The Kier molecular flexibility index (Phi) is 12.7. The summed E-state index contributed by atoms with van der Waals surface area (Å²) in [5.74, 6) is 0.492. The molecule has 0 amide bonds. The topological polar surface area (TPSA) is 35.5 Å². The Labute approximate surface area is 179 Å². The summed E-state index contributed by atoms with van der Waals surface area (Å²) in [4.78, 5) is 12.3. The van der Waals surface area contributed by atoms with E-state index in [-0.39, 0.29) is 11.4 Å². The van der Waals surface area contributed by atoms with Crippen molar-refractivity contribution in [3.63, 3.8) is 0 Å². The van der Waals surface area contributed by atoms with Crippen LogP contribution in [0.15, 0.2) is 24.3 Å². The minimum absolute atomic E-state index is 0.106. The van der Waals surface area contributed by atoms with Gasteiger partial charge in [-0.3, -0.25) is 0 Å². The number of hydrogen-bond donors (Lipinski definition) is 0. The fraction of sp³-hybridized carbons (Fsp3) is 0.731. The molecule has 1 aromatic rings. The summed E-state index contributed by atoms with van der Waals surface area (Å²) in [6.07, 6.45) is 13.0. The molecule has 3 heteroatoms. The average molecular weight is 405 g/mol. The second kappa shape index (κ2) is 14.5. The Morgan fingerprint density at radius 3 is 1.83 bits per heavy atom. The zero-order chi connectivity index (χ0) is 21.5. The van der Waals surface area contributed by atoms with Crippen molar-refractivity contribution in [1.82, 2.24) is 0 Å². The molecule has 29 heavy (non-hydrogen) atoms. The van der Waals surface area contributed by atoms with Crippen LogP contribution in [0.3, 0.4) is 0 Å². The molecule has 1 aromatic carbocycles. The molecule has 0 bridgehead atoms. The van der Waals surface area contributed by atoms with Gasteiger partial charge in [0, 0.05) is 0 Å². The molecule has 0 aromatic heterocycles. The molecular weight excluding hydrogens is 360 g/mol. The van der Waals surface area contributed by atoms with Crippen LogP contribution in [0.2, 0.25) is 0 Å². The van der Waals surface area contributed by atoms with E-state index in [9.17, 15) is 4.79 Å². The largest absolute Gasteiger partial charge is 0.479 e. The van der Waals surface area contributed by atoms with E-state index in [2.05, 4.69) is 39.8 Å². The summed E-state index contributed by atoms with van der Waals surface area (Å²) in [5, 5.41) is 0. The standard InChI is InChI=1S/C26H44O3/c1-6-8-9-10-11-12-13-14-15-16-17-24(25(27)28-7-2)29-23-20-18-22(19-21-23)26(3,4)5/h18-21,24H,6-17H2,1-5H3. The second-order valence-electron chi connectivity index (χ2n) is 9.10. The van der Waals surface area contributed by atoms with Gasteiger partial charge in [0.05, 0.1) is 6.61 Å². The zero-order valence-corrected chi connectivity index (χ0v) is 19.6. The van der Waals surface area contributed by atoms with Crippen LogP contribution < -0.4 is 4.74 Å². The lowest BCUT2D eigenvalue weighted by atomic mass is 9.87. The lowest BCUT2D eigenvalue weighted by Gasteiger charge is -2.21. The van der Waals surface area contributed by atoms with E-state index in [1.807, 2.05) is 19.1 Å². The van der Waals surface area contributed by atoms with Gasteiger partial charge in [-0.1, -0.05) is 97.6 Å². The van der Waals surface area contributed by atoms with Crippen molar-refractivity contribution in [1.29, 1.82) is 0 Å². The van der Waals surface area contributed by atoms with Gasteiger partial charge in [0.15, 0.2) is 6.10 Å². The maximum atomic E-state index is 12.3. The lowest BCUT2D eigenvalue weighted by molar-refractivity contribution is -0.151. The molecule has 0 spiro atoms. The molecule has 0 radical (unpaired) electrons. The average Bonchev–Trinajstić information content (AvgIpc) is 2.68. The smallest absolute Gasteiger partial charge is 0.347 e. The van der Waals surface area contributed by atoms with Gasteiger partial charge in [-0.15, -0.1) is 0 Å². The van der Waals surface area contributed by atoms with Crippen molar-refractivity contribution in [2.75, 3.05) is 6.61 Å². The summed E-state index contributed by atoms with van der Waals surface area (Å²) in [6, 6.07) is 8.09. The summed E-state index contributed by atoms with van der Waals surface area (Å²) in [7, 11) is 0. The van der Waals surface area contributed by atoms with Crippen LogP contribution in [0.1, 0.15) is 111 Å². The fourth-order valence-electron chi connectivity index (χ4n) is 3.48. The van der Waals surface area contributed by atoms with E-state index < -0.39 is 6.10 Å². The van der Waals surface area contributed by atoms with Gasteiger partial charge in [0.1, 0.15) is 5.75 Å². The lowest BCUT2D eigenvalue weighted by Crippen LogP contribution is -2.29. The minimum Gasteiger partial charge on any atom is -0.479 e.